The number of nitrogens with one attached hydrogen (secondary N) is 2. The van der Waals surface area contributed by atoms with Gasteiger partial charge in [0.1, 0.15) is 17.7 Å². The van der Waals surface area contributed by atoms with Crippen LogP contribution in [-0.4, -0.2) is 45.9 Å². The lowest BCUT2D eigenvalue weighted by molar-refractivity contribution is 0.0931. The van der Waals surface area contributed by atoms with Crippen molar-refractivity contribution in [3.05, 3.63) is 93.6 Å². The molecule has 190 valence electrons. The summed E-state index contributed by atoms with van der Waals surface area (Å²) < 4.78 is 7.60. The number of carbonyl (C=O) groups is 2. The first-order chi connectivity index (χ1) is 18.5. The smallest absolute Gasteiger partial charge is 0.347 e. The van der Waals surface area contributed by atoms with Crippen molar-refractivity contribution in [2.75, 3.05) is 0 Å². The third-order valence-corrected chi connectivity index (χ3v) is 7.24. The quantitative estimate of drug-likeness (QED) is 0.339. The van der Waals surface area contributed by atoms with Crippen molar-refractivity contribution in [2.45, 2.75) is 25.4 Å². The summed E-state index contributed by atoms with van der Waals surface area (Å²) in [6.45, 7) is 0.319. The van der Waals surface area contributed by atoms with E-state index in [1.54, 1.807) is 12.3 Å². The van der Waals surface area contributed by atoms with Crippen molar-refractivity contribution in [3.8, 4) is 5.69 Å². The molecule has 0 saturated heterocycles. The molecule has 0 radical (unpaired) electrons. The minimum absolute atomic E-state index is 0.104. The van der Waals surface area contributed by atoms with Crippen molar-refractivity contribution in [3.63, 3.8) is 0 Å². The Morgan fingerprint density at radius 3 is 2.71 bits per heavy atom. The van der Waals surface area contributed by atoms with Gasteiger partial charge in [-0.2, -0.15) is 13.7 Å². The molecule has 0 aliphatic heterocycles. The van der Waals surface area contributed by atoms with Crippen LogP contribution >= 0.6 is 11.5 Å². The van der Waals surface area contributed by atoms with Gasteiger partial charge in [0.05, 0.1) is 16.4 Å². The van der Waals surface area contributed by atoms with Crippen molar-refractivity contribution in [2.24, 2.45) is 7.05 Å². The number of nitrogens with zero attached hydrogens (tertiary/aromatic N) is 7. The van der Waals surface area contributed by atoms with Gasteiger partial charge < -0.3 is 10.6 Å². The average molecular weight is 528 g/mol. The summed E-state index contributed by atoms with van der Waals surface area (Å²) in [7, 11) is 1.54. The number of fused-ring (bicyclic) bond motifs is 2. The number of hydrogen-bond donors (Lipinski definition) is 2. The van der Waals surface area contributed by atoms with Gasteiger partial charge in [0.15, 0.2) is 0 Å². The van der Waals surface area contributed by atoms with Gasteiger partial charge in [-0.05, 0) is 69.7 Å². The number of carbonyl (C=O) groups excluding carboxylic acids is 2. The van der Waals surface area contributed by atoms with Gasteiger partial charge in [0, 0.05) is 31.2 Å². The molecule has 0 fully saturated rings. The molecule has 6 rings (SSSR count). The van der Waals surface area contributed by atoms with Crippen molar-refractivity contribution in [1.29, 1.82) is 0 Å². The maximum atomic E-state index is 13.0. The highest BCUT2D eigenvalue weighted by molar-refractivity contribution is 7.13. The number of aromatic nitrogens is 7. The number of amides is 2. The Kier molecular flexibility index (Phi) is 5.96. The maximum absolute atomic E-state index is 13.0. The summed E-state index contributed by atoms with van der Waals surface area (Å²) in [4.78, 5) is 46.0. The van der Waals surface area contributed by atoms with Gasteiger partial charge in [0.25, 0.3) is 11.8 Å². The number of benzene rings is 2. The second-order valence-electron chi connectivity index (χ2n) is 8.91. The summed E-state index contributed by atoms with van der Waals surface area (Å²) in [5, 5.41) is 14.5. The predicted octanol–water partition coefficient (Wildman–Crippen LogP) is 1.71. The summed E-state index contributed by atoms with van der Waals surface area (Å²) in [5.74, 6) is -0.798. The molecule has 0 bridgehead atoms. The Hall–Kier alpha value is -4.78. The van der Waals surface area contributed by atoms with Crippen LogP contribution in [0, 0.1) is 0 Å². The Bertz CT molecular complexity index is 1760. The normalized spacial score (nSPS) is 14.4. The van der Waals surface area contributed by atoms with Crippen LogP contribution in [0.15, 0.2) is 59.8 Å². The molecule has 3 aromatic heterocycles. The standard InChI is InChI=1S/C25H21N9O3S/c1-33-25(37)34(32-31-33)17-5-6-18-15(9-17)4-7-19(18)30-24(36)21-10-20(27-13-28-21)23(35)26-11-14-2-3-16-12-29-38-22(16)8-14/h2-3,5-6,8-10,12-13,19H,4,7,11H2,1H3,(H,26,35)(H,30,36)/t19-/m0/s1. The van der Waals surface area contributed by atoms with Crippen LogP contribution < -0.4 is 16.3 Å². The zero-order valence-electron chi connectivity index (χ0n) is 20.2. The number of tetrazole rings is 1. The molecule has 12 nitrogen and oxygen atoms in total. The molecule has 1 aliphatic rings. The van der Waals surface area contributed by atoms with Gasteiger partial charge in [-0.25, -0.2) is 14.8 Å². The highest BCUT2D eigenvalue weighted by Crippen LogP contribution is 2.32. The third kappa shape index (κ3) is 4.43. The number of rotatable bonds is 6. The second-order valence-corrected chi connectivity index (χ2v) is 9.75. The predicted molar refractivity (Wildman–Crippen MR) is 138 cm³/mol. The molecular formula is C25H21N9O3S. The lowest BCUT2D eigenvalue weighted by Gasteiger charge is -2.14. The first kappa shape index (κ1) is 23.6. The maximum Gasteiger partial charge on any atom is 0.368 e. The van der Waals surface area contributed by atoms with E-state index in [2.05, 4.69) is 35.4 Å². The fraction of sp³-hybridized carbons (Fsp3) is 0.200. The second kappa shape index (κ2) is 9.59. The molecule has 1 aliphatic carbocycles. The van der Waals surface area contributed by atoms with E-state index in [9.17, 15) is 14.4 Å². The molecule has 0 unspecified atom stereocenters. The molecular weight excluding hydrogens is 506 g/mol. The molecule has 2 amide bonds. The van der Waals surface area contributed by atoms with Gasteiger partial charge in [0.2, 0.25) is 0 Å². The Morgan fingerprint density at radius 2 is 1.89 bits per heavy atom. The van der Waals surface area contributed by atoms with E-state index in [4.69, 9.17) is 0 Å². The Morgan fingerprint density at radius 1 is 1.05 bits per heavy atom. The van der Waals surface area contributed by atoms with Crippen molar-refractivity contribution in [1.82, 2.24) is 44.8 Å². The first-order valence-corrected chi connectivity index (χ1v) is 12.6. The molecule has 0 spiro atoms. The fourth-order valence-corrected chi connectivity index (χ4v) is 5.20. The van der Waals surface area contributed by atoms with E-state index in [0.29, 0.717) is 18.7 Å². The molecule has 2 N–H and O–H groups in total. The molecule has 2 aromatic carbocycles. The van der Waals surface area contributed by atoms with Gasteiger partial charge in [-0.15, -0.1) is 0 Å². The summed E-state index contributed by atoms with van der Waals surface area (Å²) >= 11 is 1.40. The minimum Gasteiger partial charge on any atom is -0.347 e. The average Bonchev–Trinajstić information content (AvgIpc) is 3.66. The molecule has 5 aromatic rings. The molecule has 13 heteroatoms. The van der Waals surface area contributed by atoms with E-state index < -0.39 is 11.8 Å². The van der Waals surface area contributed by atoms with Crippen LogP contribution in [0.3, 0.4) is 0 Å². The Labute approximate surface area is 219 Å². The van der Waals surface area contributed by atoms with Crippen LogP contribution in [0.2, 0.25) is 0 Å². The van der Waals surface area contributed by atoms with Crippen LogP contribution in [0.1, 0.15) is 50.1 Å². The first-order valence-electron chi connectivity index (χ1n) is 11.8. The molecule has 0 saturated carbocycles. The minimum atomic E-state index is -0.399. The van der Waals surface area contributed by atoms with E-state index in [1.807, 2.05) is 30.3 Å². The summed E-state index contributed by atoms with van der Waals surface area (Å²) in [6.07, 6.45) is 4.44. The topological polar surface area (TPSA) is 150 Å². The third-order valence-electron chi connectivity index (χ3n) is 6.48. The lowest BCUT2D eigenvalue weighted by atomic mass is 10.1. The highest BCUT2D eigenvalue weighted by atomic mass is 32.1. The molecule has 1 atom stereocenters. The summed E-state index contributed by atoms with van der Waals surface area (Å²) in [5.41, 5.74) is 3.41. The number of hydrogen-bond acceptors (Lipinski definition) is 9. The van der Waals surface area contributed by atoms with E-state index in [0.717, 1.165) is 37.9 Å². The zero-order chi connectivity index (χ0) is 26.2. The fourth-order valence-electron chi connectivity index (χ4n) is 4.49. The van der Waals surface area contributed by atoms with Gasteiger partial charge >= 0.3 is 5.69 Å². The van der Waals surface area contributed by atoms with Gasteiger partial charge in [-0.1, -0.05) is 18.2 Å². The van der Waals surface area contributed by atoms with Crippen LogP contribution in [0.4, 0.5) is 0 Å². The SMILES string of the molecule is Cn1nnn(-c2ccc3c(c2)CC[C@@H]3NC(=O)c2cc(C(=O)NCc3ccc4cnsc4c3)ncn2)c1=O. The van der Waals surface area contributed by atoms with E-state index >= 15 is 0 Å². The van der Waals surface area contributed by atoms with Crippen LogP contribution in [-0.2, 0) is 20.0 Å². The van der Waals surface area contributed by atoms with Gasteiger partial charge in [-0.3, -0.25) is 9.59 Å². The molecule has 3 heterocycles. The number of aryl methyl sites for hydroxylation is 2. The zero-order valence-corrected chi connectivity index (χ0v) is 21.0. The lowest BCUT2D eigenvalue weighted by Crippen LogP contribution is -2.29. The van der Waals surface area contributed by atoms with Crippen LogP contribution in [0.5, 0.6) is 0 Å². The van der Waals surface area contributed by atoms with Crippen molar-refractivity contribution >= 4 is 33.4 Å². The van der Waals surface area contributed by atoms with E-state index in [-0.39, 0.29) is 23.1 Å². The van der Waals surface area contributed by atoms with Crippen LogP contribution in [0.25, 0.3) is 15.8 Å². The molecule has 38 heavy (non-hydrogen) atoms. The monoisotopic (exact) mass is 527 g/mol. The largest absolute Gasteiger partial charge is 0.368 e. The van der Waals surface area contributed by atoms with E-state index in [1.165, 1.54) is 35.7 Å². The Balaban J connectivity index is 1.12. The highest BCUT2D eigenvalue weighted by Gasteiger charge is 2.26. The summed E-state index contributed by atoms with van der Waals surface area (Å²) in [6, 6.07) is 12.6. The van der Waals surface area contributed by atoms with Crippen molar-refractivity contribution < 1.29 is 9.59 Å².